The van der Waals surface area contributed by atoms with E-state index in [1.165, 1.54) is 5.56 Å². The smallest absolute Gasteiger partial charge is 0.234 e. The minimum atomic E-state index is 0.0411. The van der Waals surface area contributed by atoms with Gasteiger partial charge in [-0.1, -0.05) is 54.1 Å². The Morgan fingerprint density at radius 3 is 2.52 bits per heavy atom. The Kier molecular flexibility index (Phi) is 6.08. The number of hydrogen-bond acceptors (Lipinski definition) is 3. The number of amides is 1. The minimum Gasteiger partial charge on any atom is -0.351 e. The molecule has 1 fully saturated rings. The van der Waals surface area contributed by atoms with Gasteiger partial charge < -0.3 is 11.1 Å². The molecule has 0 radical (unpaired) electrons. The summed E-state index contributed by atoms with van der Waals surface area (Å²) in [6, 6.07) is 18.0. The molecule has 2 aromatic carbocycles. The second-order valence-corrected chi connectivity index (χ2v) is 7.05. The average molecular weight is 358 g/mol. The molecule has 0 aliphatic carbocycles. The molecule has 4 nitrogen and oxygen atoms in total. The lowest BCUT2D eigenvalue weighted by atomic mass is 9.89. The van der Waals surface area contributed by atoms with Crippen LogP contribution in [0.25, 0.3) is 0 Å². The van der Waals surface area contributed by atoms with Crippen LogP contribution in [0.4, 0.5) is 0 Å². The molecule has 1 aliphatic rings. The van der Waals surface area contributed by atoms with E-state index in [9.17, 15) is 4.79 Å². The lowest BCUT2D eigenvalue weighted by Crippen LogP contribution is -2.36. The van der Waals surface area contributed by atoms with Gasteiger partial charge in [0.05, 0.1) is 6.54 Å². The van der Waals surface area contributed by atoms with Crippen molar-refractivity contribution in [3.05, 3.63) is 70.7 Å². The van der Waals surface area contributed by atoms with E-state index in [0.717, 1.165) is 18.7 Å². The van der Waals surface area contributed by atoms with E-state index in [4.69, 9.17) is 17.3 Å². The highest BCUT2D eigenvalue weighted by Gasteiger charge is 2.33. The molecule has 0 saturated carbocycles. The Morgan fingerprint density at radius 1 is 1.12 bits per heavy atom. The number of nitrogens with two attached hydrogens (primary N) is 1. The van der Waals surface area contributed by atoms with Crippen LogP contribution < -0.4 is 11.1 Å². The fourth-order valence-electron chi connectivity index (χ4n) is 3.47. The van der Waals surface area contributed by atoms with Crippen LogP contribution in [0, 0.1) is 5.92 Å². The van der Waals surface area contributed by atoms with Crippen molar-refractivity contribution in [1.29, 1.82) is 0 Å². The maximum Gasteiger partial charge on any atom is 0.234 e. The number of carbonyl (C=O) groups is 1. The highest BCUT2D eigenvalue weighted by Crippen LogP contribution is 2.31. The molecule has 5 heteroatoms. The van der Waals surface area contributed by atoms with E-state index in [1.54, 1.807) is 0 Å². The summed E-state index contributed by atoms with van der Waals surface area (Å²) in [7, 11) is 0. The van der Waals surface area contributed by atoms with Crippen molar-refractivity contribution >= 4 is 17.5 Å². The molecule has 3 rings (SSSR count). The molecule has 1 heterocycles. The minimum absolute atomic E-state index is 0.0411. The van der Waals surface area contributed by atoms with Gasteiger partial charge in [0.2, 0.25) is 5.91 Å². The summed E-state index contributed by atoms with van der Waals surface area (Å²) >= 11 is 5.88. The summed E-state index contributed by atoms with van der Waals surface area (Å²) in [5, 5.41) is 3.68. The highest BCUT2D eigenvalue weighted by molar-refractivity contribution is 6.30. The lowest BCUT2D eigenvalue weighted by molar-refractivity contribution is -0.122. The van der Waals surface area contributed by atoms with E-state index in [-0.39, 0.29) is 5.91 Å². The quantitative estimate of drug-likeness (QED) is 0.835. The molecular weight excluding hydrogens is 334 g/mol. The molecule has 0 aromatic heterocycles. The van der Waals surface area contributed by atoms with Crippen LogP contribution >= 0.6 is 11.6 Å². The van der Waals surface area contributed by atoms with Gasteiger partial charge in [-0.15, -0.1) is 0 Å². The zero-order valence-electron chi connectivity index (χ0n) is 14.2. The summed E-state index contributed by atoms with van der Waals surface area (Å²) in [5.74, 6) is 0.834. The first kappa shape index (κ1) is 17.9. The zero-order valence-corrected chi connectivity index (χ0v) is 15.0. The van der Waals surface area contributed by atoms with Gasteiger partial charge in [0, 0.05) is 30.6 Å². The number of carbonyl (C=O) groups excluding carboxylic acids is 1. The van der Waals surface area contributed by atoms with E-state index >= 15 is 0 Å². The first-order valence-corrected chi connectivity index (χ1v) is 9.02. The molecule has 3 N–H and O–H groups in total. The first-order chi connectivity index (χ1) is 12.2. The summed E-state index contributed by atoms with van der Waals surface area (Å²) in [6.07, 6.45) is 0. The molecule has 2 atom stereocenters. The van der Waals surface area contributed by atoms with Gasteiger partial charge in [0.15, 0.2) is 0 Å². The van der Waals surface area contributed by atoms with Crippen molar-refractivity contribution in [3.63, 3.8) is 0 Å². The molecule has 2 aromatic rings. The van der Waals surface area contributed by atoms with Crippen molar-refractivity contribution in [2.24, 2.45) is 11.7 Å². The van der Waals surface area contributed by atoms with Crippen LogP contribution in [0.2, 0.25) is 5.02 Å². The molecule has 0 unspecified atom stereocenters. The van der Waals surface area contributed by atoms with E-state index in [0.29, 0.717) is 36.5 Å². The molecular formula is C20H24ClN3O. The lowest BCUT2D eigenvalue weighted by Gasteiger charge is -2.16. The van der Waals surface area contributed by atoms with Crippen LogP contribution in [0.1, 0.15) is 17.0 Å². The van der Waals surface area contributed by atoms with Crippen molar-refractivity contribution < 1.29 is 4.79 Å². The number of hydrogen-bond donors (Lipinski definition) is 2. The number of nitrogens with one attached hydrogen (secondary N) is 1. The normalized spacial score (nSPS) is 20.6. The Hall–Kier alpha value is -1.88. The van der Waals surface area contributed by atoms with Gasteiger partial charge in [-0.2, -0.15) is 0 Å². The monoisotopic (exact) mass is 357 g/mol. The van der Waals surface area contributed by atoms with Crippen molar-refractivity contribution in [2.75, 3.05) is 26.2 Å². The van der Waals surface area contributed by atoms with Crippen LogP contribution in [-0.4, -0.2) is 37.0 Å². The van der Waals surface area contributed by atoms with E-state index in [1.807, 2.05) is 30.3 Å². The molecule has 1 aliphatic heterocycles. The Labute approximate surface area is 154 Å². The molecule has 1 saturated heterocycles. The molecule has 1 amide bonds. The van der Waals surface area contributed by atoms with Crippen molar-refractivity contribution in [3.8, 4) is 0 Å². The van der Waals surface area contributed by atoms with Crippen LogP contribution in [0.5, 0.6) is 0 Å². The van der Waals surface area contributed by atoms with Gasteiger partial charge in [0.25, 0.3) is 0 Å². The second-order valence-electron chi connectivity index (χ2n) is 6.61. The SMILES string of the molecule is NC[C@@H]1CN(CC(=O)NCc2ccc(Cl)cc2)C[C@H]1c1ccccc1. The fraction of sp³-hybridized carbons (Fsp3) is 0.350. The number of halogens is 1. The first-order valence-electron chi connectivity index (χ1n) is 8.64. The standard InChI is InChI=1S/C20H24ClN3O/c21-18-8-6-15(7-9-18)11-23-20(25)14-24-12-17(10-22)19(13-24)16-4-2-1-3-5-16/h1-9,17,19H,10-14,22H2,(H,23,25)/t17-,19+/m1/s1. The number of rotatable bonds is 6. The van der Waals surface area contributed by atoms with Crippen molar-refractivity contribution in [1.82, 2.24) is 10.2 Å². The van der Waals surface area contributed by atoms with Crippen LogP contribution in [0.15, 0.2) is 54.6 Å². The molecule has 0 spiro atoms. The third-order valence-electron chi connectivity index (χ3n) is 4.82. The Bertz CT molecular complexity index is 690. The average Bonchev–Trinajstić information content (AvgIpc) is 3.05. The zero-order chi connectivity index (χ0) is 17.6. The summed E-state index contributed by atoms with van der Waals surface area (Å²) in [4.78, 5) is 14.5. The second kappa shape index (κ2) is 8.48. The van der Waals surface area contributed by atoms with Crippen LogP contribution in [0.3, 0.4) is 0 Å². The number of benzene rings is 2. The maximum atomic E-state index is 12.3. The van der Waals surface area contributed by atoms with E-state index < -0.39 is 0 Å². The number of likely N-dealkylation sites (tertiary alicyclic amines) is 1. The molecule has 132 valence electrons. The molecule has 0 bridgehead atoms. The topological polar surface area (TPSA) is 58.4 Å². The predicted octanol–water partition coefficient (Wildman–Crippen LogP) is 2.63. The van der Waals surface area contributed by atoms with Crippen LogP contribution in [-0.2, 0) is 11.3 Å². The third-order valence-corrected chi connectivity index (χ3v) is 5.07. The Balaban J connectivity index is 1.52. The van der Waals surface area contributed by atoms with Gasteiger partial charge in [0.1, 0.15) is 0 Å². The maximum absolute atomic E-state index is 12.3. The van der Waals surface area contributed by atoms with Crippen molar-refractivity contribution in [2.45, 2.75) is 12.5 Å². The van der Waals surface area contributed by atoms with Gasteiger partial charge in [-0.25, -0.2) is 0 Å². The van der Waals surface area contributed by atoms with Gasteiger partial charge >= 0.3 is 0 Å². The fourth-order valence-corrected chi connectivity index (χ4v) is 3.59. The van der Waals surface area contributed by atoms with Gasteiger partial charge in [-0.3, -0.25) is 9.69 Å². The van der Waals surface area contributed by atoms with Gasteiger partial charge in [-0.05, 0) is 35.7 Å². The predicted molar refractivity (Wildman–Crippen MR) is 101 cm³/mol. The summed E-state index contributed by atoms with van der Waals surface area (Å²) < 4.78 is 0. The third kappa shape index (κ3) is 4.82. The Morgan fingerprint density at radius 2 is 1.84 bits per heavy atom. The largest absolute Gasteiger partial charge is 0.351 e. The summed E-state index contributed by atoms with van der Waals surface area (Å²) in [6.45, 7) is 3.31. The number of nitrogens with zero attached hydrogens (tertiary/aromatic N) is 1. The molecule has 25 heavy (non-hydrogen) atoms. The highest BCUT2D eigenvalue weighted by atomic mass is 35.5. The van der Waals surface area contributed by atoms with E-state index in [2.05, 4.69) is 34.5 Å². The summed E-state index contributed by atoms with van der Waals surface area (Å²) in [5.41, 5.74) is 8.31.